The van der Waals surface area contributed by atoms with E-state index in [1.54, 1.807) is 0 Å². The van der Waals surface area contributed by atoms with Crippen LogP contribution >= 0.6 is 23.6 Å². The number of rotatable bonds is 5. The molecule has 0 aromatic heterocycles. The fraction of sp³-hybridized carbons (Fsp3) is 0.208. The molecule has 0 N–H and O–H groups in total. The molecule has 0 bridgehead atoms. The Morgan fingerprint density at radius 2 is 1.32 bits per heavy atom. The molecule has 3 aromatic carbocycles. The number of esters is 1. The molecule has 0 saturated heterocycles. The van der Waals surface area contributed by atoms with Crippen molar-refractivity contribution in [1.29, 1.82) is 0 Å². The normalized spacial score (nSPS) is 12.4. The number of halogens is 1. The van der Waals surface area contributed by atoms with Crippen LogP contribution in [0.15, 0.2) is 78.9 Å². The van der Waals surface area contributed by atoms with Crippen LogP contribution in [0.25, 0.3) is 0 Å². The number of ether oxygens (including phenoxy) is 1. The zero-order valence-corrected chi connectivity index (χ0v) is 19.5. The van der Waals surface area contributed by atoms with Crippen molar-refractivity contribution < 1.29 is 9.53 Å². The van der Waals surface area contributed by atoms with Gasteiger partial charge in [0.2, 0.25) is 0 Å². The van der Waals surface area contributed by atoms with Crippen LogP contribution in [0.3, 0.4) is 0 Å². The second kappa shape index (κ2) is 8.59. The van der Waals surface area contributed by atoms with Crippen molar-refractivity contribution in [3.8, 4) is 0 Å². The summed E-state index contributed by atoms with van der Waals surface area (Å²) in [5.41, 5.74) is 1.66. The molecule has 0 saturated carbocycles. The van der Waals surface area contributed by atoms with Gasteiger partial charge in [0.05, 0.1) is 0 Å². The van der Waals surface area contributed by atoms with E-state index >= 15 is 0 Å². The predicted molar refractivity (Wildman–Crippen MR) is 128 cm³/mol. The third kappa shape index (κ3) is 3.66. The maximum absolute atomic E-state index is 12.5. The SMILES string of the molecule is Br.CCOC(=O)c1cccc(P(C)(C)(c2ccccc2)c2ccccc2)c1C. The van der Waals surface area contributed by atoms with Gasteiger partial charge in [-0.25, -0.2) is 0 Å². The third-order valence-corrected chi connectivity index (χ3v) is 11.2. The molecule has 0 aliphatic carbocycles. The van der Waals surface area contributed by atoms with E-state index in [-0.39, 0.29) is 23.0 Å². The molecule has 2 nitrogen and oxygen atoms in total. The monoisotopic (exact) mass is 458 g/mol. The van der Waals surface area contributed by atoms with E-state index in [1.807, 2.05) is 38.1 Å². The van der Waals surface area contributed by atoms with Crippen LogP contribution < -0.4 is 15.9 Å². The van der Waals surface area contributed by atoms with Gasteiger partial charge < -0.3 is 0 Å². The summed E-state index contributed by atoms with van der Waals surface area (Å²) >= 11 is 0. The molecule has 0 aliphatic rings. The van der Waals surface area contributed by atoms with Crippen molar-refractivity contribution in [2.24, 2.45) is 0 Å². The van der Waals surface area contributed by atoms with Gasteiger partial charge in [-0.3, -0.25) is 0 Å². The van der Waals surface area contributed by atoms with Gasteiger partial charge in [0, 0.05) is 0 Å². The number of hydrogen-bond acceptors (Lipinski definition) is 2. The van der Waals surface area contributed by atoms with Gasteiger partial charge in [-0.1, -0.05) is 0 Å². The van der Waals surface area contributed by atoms with Gasteiger partial charge in [-0.15, -0.1) is 17.0 Å². The van der Waals surface area contributed by atoms with Gasteiger partial charge in [0.1, 0.15) is 0 Å². The molecule has 3 rings (SSSR count). The standard InChI is InChI=1S/C24H27O2P.BrH/c1-5-26-24(25)22-17-12-18-23(19(22)2)27(3,4,20-13-8-6-9-14-20)21-15-10-7-11-16-21;/h6-18H,5H2,1-4H3;1H. The third-order valence-electron chi connectivity index (χ3n) is 5.58. The maximum atomic E-state index is 12.5. The first-order valence-electron chi connectivity index (χ1n) is 9.28. The van der Waals surface area contributed by atoms with E-state index in [1.165, 1.54) is 15.9 Å². The van der Waals surface area contributed by atoms with Crippen LogP contribution in [-0.4, -0.2) is 25.9 Å². The minimum atomic E-state index is -2.74. The molecule has 0 unspecified atom stereocenters. The molecule has 4 heteroatoms. The van der Waals surface area contributed by atoms with Crippen LogP contribution in [0.4, 0.5) is 0 Å². The minimum absolute atomic E-state index is 0. The molecule has 0 amide bonds. The Hall–Kier alpha value is -1.96. The fourth-order valence-corrected chi connectivity index (χ4v) is 8.61. The molecule has 0 atom stereocenters. The van der Waals surface area contributed by atoms with Crippen molar-refractivity contribution in [2.45, 2.75) is 13.8 Å². The molecule has 0 radical (unpaired) electrons. The fourth-order valence-electron chi connectivity index (χ4n) is 3.96. The molecular formula is C24H28BrO2P. The van der Waals surface area contributed by atoms with Crippen molar-refractivity contribution in [1.82, 2.24) is 0 Å². The molecular weight excluding hydrogens is 431 g/mol. The van der Waals surface area contributed by atoms with Crippen LogP contribution in [0.2, 0.25) is 0 Å². The average molecular weight is 459 g/mol. The van der Waals surface area contributed by atoms with E-state index in [0.717, 1.165) is 5.56 Å². The van der Waals surface area contributed by atoms with Crippen LogP contribution in [0, 0.1) is 6.92 Å². The molecule has 0 heterocycles. The van der Waals surface area contributed by atoms with Gasteiger partial charge in [0.25, 0.3) is 0 Å². The van der Waals surface area contributed by atoms with Crippen molar-refractivity contribution in [3.63, 3.8) is 0 Å². The Labute approximate surface area is 178 Å². The predicted octanol–water partition coefficient (Wildman–Crippen LogP) is 4.84. The van der Waals surface area contributed by atoms with Crippen LogP contribution in [0.5, 0.6) is 0 Å². The summed E-state index contributed by atoms with van der Waals surface area (Å²) in [5.74, 6) is -0.253. The second-order valence-corrected chi connectivity index (χ2v) is 13.2. The first kappa shape index (κ1) is 22.3. The molecule has 148 valence electrons. The van der Waals surface area contributed by atoms with E-state index < -0.39 is 6.60 Å². The van der Waals surface area contributed by atoms with Gasteiger partial charge >= 0.3 is 162 Å². The van der Waals surface area contributed by atoms with Crippen LogP contribution in [-0.2, 0) is 4.74 Å². The van der Waals surface area contributed by atoms with Crippen molar-refractivity contribution in [3.05, 3.63) is 90.0 Å². The van der Waals surface area contributed by atoms with Crippen LogP contribution in [0.1, 0.15) is 22.8 Å². The number of benzene rings is 3. The molecule has 3 aromatic rings. The molecule has 28 heavy (non-hydrogen) atoms. The first-order chi connectivity index (χ1) is 12.9. The van der Waals surface area contributed by atoms with Gasteiger partial charge in [-0.05, 0) is 0 Å². The van der Waals surface area contributed by atoms with E-state index in [0.29, 0.717) is 12.2 Å². The second-order valence-electron chi connectivity index (χ2n) is 7.47. The Balaban J connectivity index is 0.00000280. The first-order valence-corrected chi connectivity index (χ1v) is 12.4. The zero-order valence-electron chi connectivity index (χ0n) is 16.9. The number of carbonyl (C=O) groups is 1. The average Bonchev–Trinajstić information content (AvgIpc) is 2.70. The zero-order chi connectivity index (χ0) is 19.5. The summed E-state index contributed by atoms with van der Waals surface area (Å²) in [5, 5.41) is 3.83. The van der Waals surface area contributed by atoms with E-state index in [9.17, 15) is 4.79 Å². The summed E-state index contributed by atoms with van der Waals surface area (Å²) < 4.78 is 5.30. The van der Waals surface area contributed by atoms with Gasteiger partial charge in [-0.2, -0.15) is 0 Å². The summed E-state index contributed by atoms with van der Waals surface area (Å²) in [6.07, 6.45) is 0. The molecule has 0 fully saturated rings. The molecule has 0 aliphatic heterocycles. The quantitative estimate of drug-likeness (QED) is 0.403. The Morgan fingerprint density at radius 3 is 1.79 bits per heavy atom. The van der Waals surface area contributed by atoms with Crippen molar-refractivity contribution >= 4 is 45.5 Å². The van der Waals surface area contributed by atoms with Crippen molar-refractivity contribution in [2.75, 3.05) is 19.9 Å². The number of carbonyl (C=O) groups excluding carboxylic acids is 1. The van der Waals surface area contributed by atoms with Gasteiger partial charge in [0.15, 0.2) is 0 Å². The topological polar surface area (TPSA) is 26.3 Å². The summed E-state index contributed by atoms with van der Waals surface area (Å²) in [6, 6.07) is 27.3. The number of hydrogen-bond donors (Lipinski definition) is 0. The van der Waals surface area contributed by atoms with E-state index in [2.05, 4.69) is 67.9 Å². The molecule has 0 spiro atoms. The Kier molecular flexibility index (Phi) is 6.85. The Morgan fingerprint density at radius 1 is 0.821 bits per heavy atom. The summed E-state index contributed by atoms with van der Waals surface area (Å²) in [7, 11) is 0. The summed E-state index contributed by atoms with van der Waals surface area (Å²) in [6.45, 7) is 6.26. The Bertz CT molecular complexity index is 909. The summed E-state index contributed by atoms with van der Waals surface area (Å²) in [4.78, 5) is 12.5. The van der Waals surface area contributed by atoms with E-state index in [4.69, 9.17) is 4.74 Å².